The fourth-order valence-electron chi connectivity index (χ4n) is 2.79. The zero-order valence-corrected chi connectivity index (χ0v) is 13.1. The van der Waals surface area contributed by atoms with Crippen LogP contribution in [0, 0.1) is 0 Å². The fraction of sp³-hybridized carbons (Fsp3) is 0.0588. The van der Waals surface area contributed by atoms with Gasteiger partial charge in [0, 0.05) is 10.0 Å². The summed E-state index contributed by atoms with van der Waals surface area (Å²) in [6.07, 6.45) is 0. The van der Waals surface area contributed by atoms with Gasteiger partial charge in [0.25, 0.3) is 5.91 Å². The summed E-state index contributed by atoms with van der Waals surface area (Å²) in [5, 5.41) is 4.14. The van der Waals surface area contributed by atoms with Crippen molar-refractivity contribution in [3.05, 3.63) is 79.6 Å². The van der Waals surface area contributed by atoms with Crippen molar-refractivity contribution in [1.29, 1.82) is 0 Å². The van der Waals surface area contributed by atoms with Gasteiger partial charge in [0.05, 0.1) is 17.0 Å². The number of carbonyl (C=O) groups is 1. The normalized spacial score (nSPS) is 16.4. The Labute approximate surface area is 140 Å². The number of nitrogens with one attached hydrogen (secondary N) is 1. The molecule has 4 nitrogen and oxygen atoms in total. The van der Waals surface area contributed by atoms with Crippen LogP contribution in [0.15, 0.2) is 51.7 Å². The molecular weight excluding hydrogens is 337 g/mol. The summed E-state index contributed by atoms with van der Waals surface area (Å²) in [6, 6.07) is 11.1. The highest BCUT2D eigenvalue weighted by Crippen LogP contribution is 2.31. The summed E-state index contributed by atoms with van der Waals surface area (Å²) in [4.78, 5) is 25.0. The minimum absolute atomic E-state index is 0.0461. The highest BCUT2D eigenvalue weighted by atomic mass is 35.5. The number of halogens is 2. The SMILES string of the molecule is O=C1NC(c2ccc(Cl)cc2)c2c1oc1ccc(Cl)cc1c2=O. The third kappa shape index (κ3) is 2.22. The zero-order chi connectivity index (χ0) is 16.1. The molecule has 1 amide bonds. The Kier molecular flexibility index (Phi) is 3.18. The van der Waals surface area contributed by atoms with E-state index in [9.17, 15) is 9.59 Å². The molecule has 0 radical (unpaired) electrons. The predicted molar refractivity (Wildman–Crippen MR) is 88.3 cm³/mol. The van der Waals surface area contributed by atoms with E-state index in [0.29, 0.717) is 26.6 Å². The Bertz CT molecular complexity index is 1010. The van der Waals surface area contributed by atoms with Crippen LogP contribution in [0.2, 0.25) is 10.0 Å². The van der Waals surface area contributed by atoms with Crippen molar-refractivity contribution in [2.45, 2.75) is 6.04 Å². The Morgan fingerprint density at radius 3 is 2.39 bits per heavy atom. The van der Waals surface area contributed by atoms with Crippen LogP contribution in [-0.2, 0) is 0 Å². The van der Waals surface area contributed by atoms with E-state index >= 15 is 0 Å². The lowest BCUT2D eigenvalue weighted by Gasteiger charge is -2.11. The van der Waals surface area contributed by atoms with Crippen LogP contribution in [0.4, 0.5) is 0 Å². The Morgan fingerprint density at radius 1 is 0.957 bits per heavy atom. The molecule has 114 valence electrons. The van der Waals surface area contributed by atoms with Gasteiger partial charge in [-0.25, -0.2) is 0 Å². The van der Waals surface area contributed by atoms with Crippen molar-refractivity contribution in [1.82, 2.24) is 5.32 Å². The number of hydrogen-bond donors (Lipinski definition) is 1. The topological polar surface area (TPSA) is 59.3 Å². The summed E-state index contributed by atoms with van der Waals surface area (Å²) in [5.74, 6) is -0.362. The molecule has 0 fully saturated rings. The van der Waals surface area contributed by atoms with Gasteiger partial charge >= 0.3 is 0 Å². The largest absolute Gasteiger partial charge is 0.450 e. The van der Waals surface area contributed by atoms with E-state index in [-0.39, 0.29) is 11.2 Å². The van der Waals surface area contributed by atoms with E-state index in [0.717, 1.165) is 5.56 Å². The molecule has 1 aliphatic rings. The van der Waals surface area contributed by atoms with E-state index in [4.69, 9.17) is 27.6 Å². The fourth-order valence-corrected chi connectivity index (χ4v) is 3.08. The predicted octanol–water partition coefficient (Wildman–Crippen LogP) is 3.93. The van der Waals surface area contributed by atoms with E-state index in [2.05, 4.69) is 5.32 Å². The molecule has 0 spiro atoms. The molecule has 1 N–H and O–H groups in total. The number of amides is 1. The van der Waals surface area contributed by atoms with Gasteiger partial charge in [0.2, 0.25) is 5.76 Å². The quantitative estimate of drug-likeness (QED) is 0.726. The van der Waals surface area contributed by atoms with Gasteiger partial charge in [0.1, 0.15) is 5.58 Å². The summed E-state index contributed by atoms with van der Waals surface area (Å²) >= 11 is 11.9. The van der Waals surface area contributed by atoms with Gasteiger partial charge in [-0.15, -0.1) is 0 Å². The van der Waals surface area contributed by atoms with E-state index in [1.807, 2.05) is 0 Å². The van der Waals surface area contributed by atoms with Crippen molar-refractivity contribution in [3.8, 4) is 0 Å². The van der Waals surface area contributed by atoms with Crippen LogP contribution in [0.25, 0.3) is 11.0 Å². The summed E-state index contributed by atoms with van der Waals surface area (Å²) in [5.41, 5.74) is 1.13. The maximum atomic E-state index is 12.8. The summed E-state index contributed by atoms with van der Waals surface area (Å²) in [6.45, 7) is 0. The molecule has 2 aromatic carbocycles. The first-order chi connectivity index (χ1) is 11.0. The second-order valence-electron chi connectivity index (χ2n) is 5.27. The van der Waals surface area contributed by atoms with Crippen molar-refractivity contribution >= 4 is 40.1 Å². The number of fused-ring (bicyclic) bond motifs is 2. The van der Waals surface area contributed by atoms with Crippen LogP contribution in [0.1, 0.15) is 27.7 Å². The van der Waals surface area contributed by atoms with E-state index < -0.39 is 11.9 Å². The Balaban J connectivity index is 1.99. The first kappa shape index (κ1) is 14.3. The van der Waals surface area contributed by atoms with Gasteiger partial charge < -0.3 is 9.73 Å². The van der Waals surface area contributed by atoms with Crippen molar-refractivity contribution in [2.24, 2.45) is 0 Å². The van der Waals surface area contributed by atoms with Crippen LogP contribution >= 0.6 is 23.2 Å². The van der Waals surface area contributed by atoms with Crippen molar-refractivity contribution in [2.75, 3.05) is 0 Å². The average Bonchev–Trinajstić information content (AvgIpc) is 2.86. The standard InChI is InChI=1S/C17H9Cl2NO3/c18-9-3-1-8(2-4-9)14-13-15(21)11-7-10(19)5-6-12(11)23-16(13)17(22)20-14/h1-7,14H,(H,20,22). The molecule has 1 aliphatic heterocycles. The summed E-state index contributed by atoms with van der Waals surface area (Å²) < 4.78 is 5.63. The second kappa shape index (κ2) is 5.11. The van der Waals surface area contributed by atoms with Crippen LogP contribution < -0.4 is 10.7 Å². The third-order valence-electron chi connectivity index (χ3n) is 3.86. The van der Waals surface area contributed by atoms with Gasteiger partial charge in [-0.1, -0.05) is 35.3 Å². The third-order valence-corrected chi connectivity index (χ3v) is 4.35. The first-order valence-electron chi connectivity index (χ1n) is 6.87. The van der Waals surface area contributed by atoms with Crippen LogP contribution in [-0.4, -0.2) is 5.91 Å². The number of carbonyl (C=O) groups excluding carboxylic acids is 1. The molecule has 0 saturated carbocycles. The summed E-state index contributed by atoms with van der Waals surface area (Å²) in [7, 11) is 0. The number of benzene rings is 2. The van der Waals surface area contributed by atoms with Gasteiger partial charge in [0.15, 0.2) is 5.43 Å². The van der Waals surface area contributed by atoms with Crippen LogP contribution in [0.3, 0.4) is 0 Å². The minimum atomic E-state index is -0.561. The van der Waals surface area contributed by atoms with Gasteiger partial charge in [-0.3, -0.25) is 9.59 Å². The maximum Gasteiger partial charge on any atom is 0.288 e. The number of hydrogen-bond acceptors (Lipinski definition) is 3. The van der Waals surface area contributed by atoms with E-state index in [1.165, 1.54) is 0 Å². The molecule has 0 bridgehead atoms. The van der Waals surface area contributed by atoms with Gasteiger partial charge in [-0.2, -0.15) is 0 Å². The zero-order valence-electron chi connectivity index (χ0n) is 11.6. The molecule has 1 unspecified atom stereocenters. The maximum absolute atomic E-state index is 12.8. The minimum Gasteiger partial charge on any atom is -0.450 e. The molecule has 4 rings (SSSR count). The number of rotatable bonds is 1. The molecule has 23 heavy (non-hydrogen) atoms. The van der Waals surface area contributed by atoms with Crippen molar-refractivity contribution < 1.29 is 9.21 Å². The monoisotopic (exact) mass is 345 g/mol. The van der Waals surface area contributed by atoms with E-state index in [1.54, 1.807) is 42.5 Å². The lowest BCUT2D eigenvalue weighted by molar-refractivity contribution is 0.0938. The van der Waals surface area contributed by atoms with Crippen molar-refractivity contribution in [3.63, 3.8) is 0 Å². The van der Waals surface area contributed by atoms with Crippen LogP contribution in [0.5, 0.6) is 0 Å². The Morgan fingerprint density at radius 2 is 1.65 bits per heavy atom. The Hall–Kier alpha value is -2.30. The second-order valence-corrected chi connectivity index (χ2v) is 6.15. The lowest BCUT2D eigenvalue weighted by Crippen LogP contribution is -2.21. The molecule has 2 heterocycles. The van der Waals surface area contributed by atoms with Gasteiger partial charge in [-0.05, 0) is 35.9 Å². The molecule has 0 aliphatic carbocycles. The molecule has 3 aromatic rings. The molecule has 0 saturated heterocycles. The highest BCUT2D eigenvalue weighted by Gasteiger charge is 2.35. The molecular formula is C17H9Cl2NO3. The molecule has 1 aromatic heterocycles. The smallest absolute Gasteiger partial charge is 0.288 e. The lowest BCUT2D eigenvalue weighted by atomic mass is 9.99. The highest BCUT2D eigenvalue weighted by molar-refractivity contribution is 6.31. The molecule has 1 atom stereocenters. The first-order valence-corrected chi connectivity index (χ1v) is 7.63. The molecule has 6 heteroatoms. The average molecular weight is 346 g/mol.